The molecule has 0 aliphatic rings. The summed E-state index contributed by atoms with van der Waals surface area (Å²) in [6, 6.07) is 11.3. The second-order valence-corrected chi connectivity index (χ2v) is 5.01. The van der Waals surface area contributed by atoms with Crippen molar-refractivity contribution in [2.75, 3.05) is 0 Å². The topological polar surface area (TPSA) is 101 Å². The van der Waals surface area contributed by atoms with E-state index in [2.05, 4.69) is 10.2 Å². The lowest BCUT2D eigenvalue weighted by atomic mass is 10.0. The lowest BCUT2D eigenvalue weighted by Crippen LogP contribution is -2.30. The third kappa shape index (κ3) is 2.82. The van der Waals surface area contributed by atoms with E-state index in [4.69, 9.17) is 5.84 Å². The van der Waals surface area contributed by atoms with Gasteiger partial charge in [0.05, 0.1) is 16.6 Å². The predicted octanol–water partition coefficient (Wildman–Crippen LogP) is 1.26. The number of aromatic nitrogens is 2. The number of nitrogens with zero attached hydrogens (tertiary/aromatic N) is 1. The molecule has 0 aliphatic heterocycles. The smallest absolute Gasteiger partial charge is 0.272 e. The van der Waals surface area contributed by atoms with Gasteiger partial charge >= 0.3 is 0 Å². The maximum atomic E-state index is 13.7. The maximum Gasteiger partial charge on any atom is 0.272 e. The number of nitrogens with one attached hydrogen (secondary N) is 2. The summed E-state index contributed by atoms with van der Waals surface area (Å²) in [6.07, 6.45) is 0.336. The Morgan fingerprint density at radius 1 is 1.22 bits per heavy atom. The summed E-state index contributed by atoms with van der Waals surface area (Å²) in [6.45, 7) is 0. The molecule has 0 atom stereocenters. The van der Waals surface area contributed by atoms with Crippen molar-refractivity contribution in [3.05, 3.63) is 75.5 Å². The van der Waals surface area contributed by atoms with Crippen LogP contribution in [0.25, 0.3) is 10.8 Å². The highest BCUT2D eigenvalue weighted by Gasteiger charge is 2.13. The molecule has 6 nitrogen and oxygen atoms in total. The van der Waals surface area contributed by atoms with Gasteiger partial charge in [-0.05, 0) is 23.8 Å². The fourth-order valence-electron chi connectivity index (χ4n) is 2.43. The fourth-order valence-corrected chi connectivity index (χ4v) is 2.43. The number of carbonyl (C=O) groups excluding carboxylic acids is 1. The molecule has 0 radical (unpaired) electrons. The van der Waals surface area contributed by atoms with Crippen molar-refractivity contribution in [3.63, 3.8) is 0 Å². The SMILES string of the molecule is NNC(=O)c1cc(Cc2n[nH]c(=O)c3ccccc23)ccc1F. The zero-order valence-corrected chi connectivity index (χ0v) is 12.0. The van der Waals surface area contributed by atoms with Crippen LogP contribution in [0, 0.1) is 5.82 Å². The number of H-pyrrole nitrogens is 1. The zero-order chi connectivity index (χ0) is 16.4. The van der Waals surface area contributed by atoms with Crippen LogP contribution in [0.1, 0.15) is 21.6 Å². The van der Waals surface area contributed by atoms with Gasteiger partial charge in [-0.2, -0.15) is 5.10 Å². The molecule has 0 spiro atoms. The molecule has 1 heterocycles. The van der Waals surface area contributed by atoms with E-state index in [1.54, 1.807) is 24.3 Å². The van der Waals surface area contributed by atoms with Gasteiger partial charge in [0.15, 0.2) is 0 Å². The molecule has 0 bridgehead atoms. The van der Waals surface area contributed by atoms with Crippen molar-refractivity contribution in [3.8, 4) is 0 Å². The van der Waals surface area contributed by atoms with Crippen LogP contribution in [-0.2, 0) is 6.42 Å². The molecule has 23 heavy (non-hydrogen) atoms. The molecule has 0 aliphatic carbocycles. The normalized spacial score (nSPS) is 10.7. The van der Waals surface area contributed by atoms with Gasteiger partial charge < -0.3 is 0 Å². The largest absolute Gasteiger partial charge is 0.290 e. The summed E-state index contributed by atoms with van der Waals surface area (Å²) < 4.78 is 13.7. The van der Waals surface area contributed by atoms with E-state index in [0.29, 0.717) is 28.5 Å². The number of amides is 1. The fraction of sp³-hybridized carbons (Fsp3) is 0.0625. The van der Waals surface area contributed by atoms with Crippen LogP contribution in [0.15, 0.2) is 47.3 Å². The first kappa shape index (κ1) is 14.9. The minimum Gasteiger partial charge on any atom is -0.290 e. The van der Waals surface area contributed by atoms with Gasteiger partial charge in [-0.1, -0.05) is 24.3 Å². The quantitative estimate of drug-likeness (QED) is 0.385. The minimum absolute atomic E-state index is 0.140. The number of rotatable bonds is 3. The van der Waals surface area contributed by atoms with Gasteiger partial charge in [-0.15, -0.1) is 0 Å². The van der Waals surface area contributed by atoms with Crippen molar-refractivity contribution in [2.45, 2.75) is 6.42 Å². The summed E-state index contributed by atoms with van der Waals surface area (Å²) in [4.78, 5) is 23.3. The number of hydrogen-bond donors (Lipinski definition) is 3. The molecular formula is C16H13FN4O2. The number of carbonyl (C=O) groups is 1. The summed E-state index contributed by atoms with van der Waals surface area (Å²) in [7, 11) is 0. The lowest BCUT2D eigenvalue weighted by molar-refractivity contribution is 0.0949. The molecule has 0 saturated heterocycles. The van der Waals surface area contributed by atoms with Gasteiger partial charge in [-0.25, -0.2) is 15.3 Å². The third-order valence-corrected chi connectivity index (χ3v) is 3.55. The minimum atomic E-state index is -0.705. The van der Waals surface area contributed by atoms with Gasteiger partial charge in [0, 0.05) is 11.8 Å². The molecule has 2 aromatic carbocycles. The van der Waals surface area contributed by atoms with Crippen LogP contribution in [0.2, 0.25) is 0 Å². The highest BCUT2D eigenvalue weighted by atomic mass is 19.1. The van der Waals surface area contributed by atoms with Crippen molar-refractivity contribution < 1.29 is 9.18 Å². The Labute approximate surface area is 130 Å². The number of nitrogen functional groups attached to an aromatic ring is 1. The van der Waals surface area contributed by atoms with E-state index >= 15 is 0 Å². The molecule has 1 amide bonds. The van der Waals surface area contributed by atoms with E-state index in [1.807, 2.05) is 11.5 Å². The van der Waals surface area contributed by atoms with Crippen LogP contribution in [0.4, 0.5) is 4.39 Å². The highest BCUT2D eigenvalue weighted by molar-refractivity contribution is 5.94. The number of halogens is 1. The lowest BCUT2D eigenvalue weighted by Gasteiger charge is -2.07. The standard InChI is InChI=1S/C16H13FN4O2/c17-13-6-5-9(7-12(13)15(22)19-18)8-14-10-3-1-2-4-11(10)16(23)21-20-14/h1-7H,8,18H2,(H,19,22)(H,21,23). The molecule has 0 saturated carbocycles. The number of hydrazine groups is 1. The monoisotopic (exact) mass is 312 g/mol. The first-order valence-corrected chi connectivity index (χ1v) is 6.86. The number of aromatic amines is 1. The third-order valence-electron chi connectivity index (χ3n) is 3.55. The molecule has 0 fully saturated rings. The van der Waals surface area contributed by atoms with E-state index in [-0.39, 0.29) is 11.1 Å². The molecular weight excluding hydrogens is 299 g/mol. The second-order valence-electron chi connectivity index (χ2n) is 5.01. The Kier molecular flexibility index (Phi) is 3.86. The van der Waals surface area contributed by atoms with Crippen LogP contribution in [0.5, 0.6) is 0 Å². The van der Waals surface area contributed by atoms with Crippen LogP contribution >= 0.6 is 0 Å². The molecule has 1 aromatic heterocycles. The van der Waals surface area contributed by atoms with Crippen molar-refractivity contribution in [2.24, 2.45) is 5.84 Å². The zero-order valence-electron chi connectivity index (χ0n) is 12.0. The average Bonchev–Trinajstić information content (AvgIpc) is 2.58. The summed E-state index contributed by atoms with van der Waals surface area (Å²) in [5.74, 6) is 3.69. The Morgan fingerprint density at radius 2 is 1.96 bits per heavy atom. The van der Waals surface area contributed by atoms with E-state index < -0.39 is 11.7 Å². The van der Waals surface area contributed by atoms with Crippen molar-refractivity contribution >= 4 is 16.7 Å². The maximum absolute atomic E-state index is 13.7. The summed E-state index contributed by atoms with van der Waals surface area (Å²) >= 11 is 0. The molecule has 0 unspecified atom stereocenters. The van der Waals surface area contributed by atoms with Crippen LogP contribution in [-0.4, -0.2) is 16.1 Å². The Balaban J connectivity index is 2.05. The van der Waals surface area contributed by atoms with Crippen molar-refractivity contribution in [1.29, 1.82) is 0 Å². The molecule has 3 rings (SSSR count). The molecule has 116 valence electrons. The Bertz CT molecular complexity index is 952. The van der Waals surface area contributed by atoms with Gasteiger partial charge in [0.1, 0.15) is 5.82 Å². The first-order chi connectivity index (χ1) is 11.1. The van der Waals surface area contributed by atoms with Gasteiger partial charge in [-0.3, -0.25) is 15.0 Å². The van der Waals surface area contributed by atoms with Crippen molar-refractivity contribution in [1.82, 2.24) is 15.6 Å². The number of benzene rings is 2. The van der Waals surface area contributed by atoms with E-state index in [9.17, 15) is 14.0 Å². The highest BCUT2D eigenvalue weighted by Crippen LogP contribution is 2.18. The molecule has 7 heteroatoms. The van der Waals surface area contributed by atoms with Crippen LogP contribution < -0.4 is 16.8 Å². The van der Waals surface area contributed by atoms with Crippen LogP contribution in [0.3, 0.4) is 0 Å². The Morgan fingerprint density at radius 3 is 2.70 bits per heavy atom. The number of nitrogens with two attached hydrogens (primary N) is 1. The molecule has 3 aromatic rings. The second kappa shape index (κ2) is 5.98. The number of hydrogen-bond acceptors (Lipinski definition) is 4. The predicted molar refractivity (Wildman–Crippen MR) is 83.2 cm³/mol. The van der Waals surface area contributed by atoms with Gasteiger partial charge in [0.25, 0.3) is 11.5 Å². The summed E-state index contributed by atoms with van der Waals surface area (Å²) in [5, 5.41) is 7.75. The first-order valence-electron chi connectivity index (χ1n) is 6.86. The summed E-state index contributed by atoms with van der Waals surface area (Å²) in [5.41, 5.74) is 2.80. The van der Waals surface area contributed by atoms with Gasteiger partial charge in [0.2, 0.25) is 0 Å². The molecule has 4 N–H and O–H groups in total. The average molecular weight is 312 g/mol. The Hall–Kier alpha value is -3.06. The number of fused-ring (bicyclic) bond motifs is 1. The van der Waals surface area contributed by atoms with E-state index in [0.717, 1.165) is 0 Å². The van der Waals surface area contributed by atoms with E-state index in [1.165, 1.54) is 12.1 Å².